The SMILES string of the molecule is Cc1cc(Cl)cc2sc(N(C[C@@H]3CCCO3)C(=O)CN(C)S(C)(=O)=O)nc12. The van der Waals surface area contributed by atoms with Gasteiger partial charge < -0.3 is 4.74 Å². The Morgan fingerprint density at radius 3 is 2.81 bits per heavy atom. The molecule has 1 fully saturated rings. The fourth-order valence-electron chi connectivity index (χ4n) is 2.93. The first kappa shape index (κ1) is 20.5. The number of likely N-dealkylation sites (N-methyl/N-ethyl adjacent to an activating group) is 1. The highest BCUT2D eigenvalue weighted by Crippen LogP contribution is 2.33. The van der Waals surface area contributed by atoms with Gasteiger partial charge in [0.1, 0.15) is 0 Å². The molecule has 1 aromatic carbocycles. The predicted octanol–water partition coefficient (Wildman–Crippen LogP) is 2.66. The molecule has 1 aromatic heterocycles. The Kier molecular flexibility index (Phi) is 6.07. The Hall–Kier alpha value is -1.26. The molecular formula is C17H22ClN3O4S2. The molecule has 1 aliphatic rings. The highest BCUT2D eigenvalue weighted by Gasteiger charge is 2.28. The van der Waals surface area contributed by atoms with E-state index in [0.29, 0.717) is 23.3 Å². The lowest BCUT2D eigenvalue weighted by atomic mass is 10.2. The van der Waals surface area contributed by atoms with E-state index in [4.69, 9.17) is 16.3 Å². The number of hydrogen-bond donors (Lipinski definition) is 0. The lowest BCUT2D eigenvalue weighted by Gasteiger charge is -2.25. The number of fused-ring (bicyclic) bond motifs is 1. The topological polar surface area (TPSA) is 79.8 Å². The van der Waals surface area contributed by atoms with E-state index in [1.54, 1.807) is 0 Å². The molecule has 148 valence electrons. The third kappa shape index (κ3) is 4.78. The molecule has 1 amide bonds. The third-order valence-corrected chi connectivity index (χ3v) is 7.01. The van der Waals surface area contributed by atoms with Gasteiger partial charge >= 0.3 is 0 Å². The second-order valence-electron chi connectivity index (χ2n) is 6.72. The quantitative estimate of drug-likeness (QED) is 0.702. The molecule has 0 radical (unpaired) electrons. The number of carbonyl (C=O) groups excluding carboxylic acids is 1. The summed E-state index contributed by atoms with van der Waals surface area (Å²) >= 11 is 7.50. The number of carbonyl (C=O) groups is 1. The lowest BCUT2D eigenvalue weighted by molar-refractivity contribution is -0.119. The molecule has 0 aliphatic carbocycles. The van der Waals surface area contributed by atoms with Gasteiger partial charge in [-0.05, 0) is 37.5 Å². The molecule has 27 heavy (non-hydrogen) atoms. The maximum absolute atomic E-state index is 12.9. The molecule has 10 heteroatoms. The minimum Gasteiger partial charge on any atom is -0.376 e. The van der Waals surface area contributed by atoms with Crippen LogP contribution in [0, 0.1) is 6.92 Å². The van der Waals surface area contributed by atoms with Crippen molar-refractivity contribution in [3.05, 3.63) is 22.7 Å². The Bertz CT molecular complexity index is 954. The van der Waals surface area contributed by atoms with Crippen molar-refractivity contribution in [2.45, 2.75) is 25.9 Å². The zero-order valence-electron chi connectivity index (χ0n) is 15.4. The van der Waals surface area contributed by atoms with Crippen molar-refractivity contribution in [2.75, 3.05) is 37.9 Å². The first-order valence-corrected chi connectivity index (χ1v) is 11.6. The lowest BCUT2D eigenvalue weighted by Crippen LogP contribution is -2.44. The van der Waals surface area contributed by atoms with Crippen molar-refractivity contribution >= 4 is 54.2 Å². The predicted molar refractivity (Wildman–Crippen MR) is 108 cm³/mol. The van der Waals surface area contributed by atoms with Crippen LogP contribution in [-0.2, 0) is 19.6 Å². The number of nitrogens with zero attached hydrogens (tertiary/aromatic N) is 3. The zero-order valence-corrected chi connectivity index (χ0v) is 17.8. The van der Waals surface area contributed by atoms with Gasteiger partial charge in [-0.1, -0.05) is 22.9 Å². The average molecular weight is 432 g/mol. The number of sulfonamides is 1. The fourth-order valence-corrected chi connectivity index (χ4v) is 4.72. The van der Waals surface area contributed by atoms with Crippen molar-refractivity contribution < 1.29 is 17.9 Å². The number of aryl methyl sites for hydroxylation is 1. The van der Waals surface area contributed by atoms with Crippen LogP contribution in [-0.4, -0.2) is 62.7 Å². The maximum atomic E-state index is 12.9. The van der Waals surface area contributed by atoms with Crippen LogP contribution in [0.2, 0.25) is 5.02 Å². The number of halogens is 1. The van der Waals surface area contributed by atoms with E-state index >= 15 is 0 Å². The van der Waals surface area contributed by atoms with E-state index in [1.807, 2.05) is 19.1 Å². The molecule has 1 saturated heterocycles. The molecule has 1 aliphatic heterocycles. The summed E-state index contributed by atoms with van der Waals surface area (Å²) in [6.07, 6.45) is 2.81. The van der Waals surface area contributed by atoms with Crippen LogP contribution in [0.4, 0.5) is 5.13 Å². The molecule has 0 N–H and O–H groups in total. The second-order valence-corrected chi connectivity index (χ2v) is 10.3. The molecule has 0 saturated carbocycles. The van der Waals surface area contributed by atoms with Crippen LogP contribution in [0.15, 0.2) is 12.1 Å². The summed E-state index contributed by atoms with van der Waals surface area (Å²) in [7, 11) is -2.07. The van der Waals surface area contributed by atoms with Crippen LogP contribution in [0.25, 0.3) is 10.2 Å². The Morgan fingerprint density at radius 2 is 2.19 bits per heavy atom. The van der Waals surface area contributed by atoms with Crippen molar-refractivity contribution in [3.63, 3.8) is 0 Å². The van der Waals surface area contributed by atoms with Gasteiger partial charge in [-0.15, -0.1) is 0 Å². The summed E-state index contributed by atoms with van der Waals surface area (Å²) in [5.41, 5.74) is 1.72. The molecule has 2 aromatic rings. The summed E-state index contributed by atoms with van der Waals surface area (Å²) in [6.45, 7) is 2.69. The molecule has 0 spiro atoms. The number of anilines is 1. The van der Waals surface area contributed by atoms with Crippen LogP contribution in [0.5, 0.6) is 0 Å². The van der Waals surface area contributed by atoms with Gasteiger partial charge in [-0.2, -0.15) is 4.31 Å². The summed E-state index contributed by atoms with van der Waals surface area (Å²) in [6, 6.07) is 3.65. The van der Waals surface area contributed by atoms with Gasteiger partial charge in [0, 0.05) is 18.7 Å². The number of rotatable bonds is 6. The van der Waals surface area contributed by atoms with E-state index in [9.17, 15) is 13.2 Å². The number of amides is 1. The van der Waals surface area contributed by atoms with Crippen LogP contribution >= 0.6 is 22.9 Å². The minimum absolute atomic E-state index is 0.0748. The van der Waals surface area contributed by atoms with Gasteiger partial charge in [0.05, 0.1) is 35.7 Å². The fraction of sp³-hybridized carbons (Fsp3) is 0.529. The van der Waals surface area contributed by atoms with Gasteiger partial charge in [0.25, 0.3) is 0 Å². The van der Waals surface area contributed by atoms with E-state index < -0.39 is 10.0 Å². The molecule has 2 heterocycles. The van der Waals surface area contributed by atoms with Gasteiger partial charge in [-0.3, -0.25) is 9.69 Å². The summed E-state index contributed by atoms with van der Waals surface area (Å²) in [5.74, 6) is -0.332. The molecule has 3 rings (SSSR count). The third-order valence-electron chi connectivity index (χ3n) is 4.51. The van der Waals surface area contributed by atoms with Crippen molar-refractivity contribution in [3.8, 4) is 0 Å². The van der Waals surface area contributed by atoms with E-state index in [-0.39, 0.29) is 18.6 Å². The number of ether oxygens (including phenoxy) is 1. The Morgan fingerprint density at radius 1 is 1.44 bits per heavy atom. The Balaban J connectivity index is 1.93. The van der Waals surface area contributed by atoms with Gasteiger partial charge in [-0.25, -0.2) is 13.4 Å². The maximum Gasteiger partial charge on any atom is 0.244 e. The molecule has 7 nitrogen and oxygen atoms in total. The smallest absolute Gasteiger partial charge is 0.244 e. The summed E-state index contributed by atoms with van der Waals surface area (Å²) in [4.78, 5) is 19.1. The number of benzene rings is 1. The number of aromatic nitrogens is 1. The number of thiazole rings is 1. The van der Waals surface area contributed by atoms with Gasteiger partial charge in [0.15, 0.2) is 5.13 Å². The zero-order chi connectivity index (χ0) is 19.8. The molecule has 0 unspecified atom stereocenters. The van der Waals surface area contributed by atoms with E-state index in [1.165, 1.54) is 23.3 Å². The Labute approximate surface area is 167 Å². The van der Waals surface area contributed by atoms with Crippen LogP contribution in [0.1, 0.15) is 18.4 Å². The first-order valence-electron chi connectivity index (χ1n) is 8.55. The highest BCUT2D eigenvalue weighted by molar-refractivity contribution is 7.88. The summed E-state index contributed by atoms with van der Waals surface area (Å²) in [5, 5.41) is 1.14. The van der Waals surface area contributed by atoms with Crippen molar-refractivity contribution in [1.82, 2.24) is 9.29 Å². The van der Waals surface area contributed by atoms with Crippen molar-refractivity contribution in [1.29, 1.82) is 0 Å². The largest absolute Gasteiger partial charge is 0.376 e. The second kappa shape index (κ2) is 8.00. The first-order chi connectivity index (χ1) is 12.6. The normalized spacial score (nSPS) is 17.7. The van der Waals surface area contributed by atoms with Crippen molar-refractivity contribution in [2.24, 2.45) is 0 Å². The monoisotopic (exact) mass is 431 g/mol. The van der Waals surface area contributed by atoms with E-state index in [2.05, 4.69) is 4.98 Å². The average Bonchev–Trinajstić information content (AvgIpc) is 3.20. The van der Waals surface area contributed by atoms with E-state index in [0.717, 1.165) is 39.2 Å². The molecule has 0 bridgehead atoms. The van der Waals surface area contributed by atoms with Gasteiger partial charge in [0.2, 0.25) is 15.9 Å². The highest BCUT2D eigenvalue weighted by atomic mass is 35.5. The minimum atomic E-state index is -3.46. The van der Waals surface area contributed by atoms with Crippen LogP contribution < -0.4 is 4.90 Å². The summed E-state index contributed by atoms with van der Waals surface area (Å²) < 4.78 is 31.0. The molecule has 1 atom stereocenters. The number of hydrogen-bond acceptors (Lipinski definition) is 6. The standard InChI is InChI=1S/C17H22ClN3O4S2/c1-11-7-12(18)8-14-16(11)19-17(26-14)21(9-13-5-4-6-25-13)15(22)10-20(2)27(3,23)24/h7-8,13H,4-6,9-10H2,1-3H3/t13-/m0/s1. The van der Waals surface area contributed by atoms with Crippen LogP contribution in [0.3, 0.4) is 0 Å². The molecular weight excluding hydrogens is 410 g/mol.